The molecule has 2 amide bonds. The van der Waals surface area contributed by atoms with Gasteiger partial charge in [0.2, 0.25) is 11.8 Å². The summed E-state index contributed by atoms with van der Waals surface area (Å²) in [5.41, 5.74) is 1.96. The number of hydrogen-bond acceptors (Lipinski definition) is 2. The molecule has 1 aliphatic carbocycles. The molecule has 0 atom stereocenters. The van der Waals surface area contributed by atoms with Gasteiger partial charge in [0.1, 0.15) is 0 Å². The van der Waals surface area contributed by atoms with Crippen LogP contribution in [0.15, 0.2) is 22.7 Å². The first kappa shape index (κ1) is 15.5. The van der Waals surface area contributed by atoms with Crippen molar-refractivity contribution in [3.63, 3.8) is 0 Å². The van der Waals surface area contributed by atoms with Crippen LogP contribution in [0.4, 0.5) is 5.69 Å². The molecule has 2 fully saturated rings. The van der Waals surface area contributed by atoms with Gasteiger partial charge in [-0.2, -0.15) is 0 Å². The van der Waals surface area contributed by atoms with E-state index in [2.05, 4.69) is 21.2 Å². The highest BCUT2D eigenvalue weighted by atomic mass is 79.9. The number of piperidine rings is 1. The summed E-state index contributed by atoms with van der Waals surface area (Å²) >= 11 is 3.48. The molecular formula is C17H21BrN2O2. The number of amides is 2. The van der Waals surface area contributed by atoms with E-state index in [1.165, 1.54) is 0 Å². The number of anilines is 1. The maximum absolute atomic E-state index is 12.4. The standard InChI is InChI=1S/C17H21BrN2O2/c1-11-2-5-15(14(18)10-11)19-16(21)12-6-8-20(9-7-12)17(22)13-3-4-13/h2,5,10,12-13H,3-4,6-9H2,1H3,(H,19,21). The van der Waals surface area contributed by atoms with E-state index in [1.807, 2.05) is 30.0 Å². The molecule has 5 heteroatoms. The third kappa shape index (κ3) is 3.51. The first-order valence-corrected chi connectivity index (χ1v) is 8.69. The van der Waals surface area contributed by atoms with Crippen LogP contribution in [0.2, 0.25) is 0 Å². The maximum atomic E-state index is 12.4. The molecule has 0 radical (unpaired) electrons. The van der Waals surface area contributed by atoms with E-state index in [-0.39, 0.29) is 17.7 Å². The summed E-state index contributed by atoms with van der Waals surface area (Å²) in [6.45, 7) is 3.44. The van der Waals surface area contributed by atoms with E-state index in [1.54, 1.807) is 0 Å². The fraction of sp³-hybridized carbons (Fsp3) is 0.529. The summed E-state index contributed by atoms with van der Waals surface area (Å²) in [4.78, 5) is 26.3. The summed E-state index contributed by atoms with van der Waals surface area (Å²) in [7, 11) is 0. The van der Waals surface area contributed by atoms with Gasteiger partial charge in [-0.15, -0.1) is 0 Å². The fourth-order valence-electron chi connectivity index (χ4n) is 2.91. The minimum absolute atomic E-state index is 0.00328. The van der Waals surface area contributed by atoms with Gasteiger partial charge in [0, 0.05) is 29.4 Å². The van der Waals surface area contributed by atoms with Crippen LogP contribution < -0.4 is 5.32 Å². The Hall–Kier alpha value is -1.36. The number of carbonyl (C=O) groups is 2. The van der Waals surface area contributed by atoms with Crippen LogP contribution in [0.5, 0.6) is 0 Å². The molecule has 0 aromatic heterocycles. The molecule has 0 bridgehead atoms. The van der Waals surface area contributed by atoms with Crippen LogP contribution in [0.1, 0.15) is 31.2 Å². The number of likely N-dealkylation sites (tertiary alicyclic amines) is 1. The molecule has 1 aromatic carbocycles. The minimum Gasteiger partial charge on any atom is -0.342 e. The lowest BCUT2D eigenvalue weighted by atomic mass is 9.95. The molecule has 0 unspecified atom stereocenters. The summed E-state index contributed by atoms with van der Waals surface area (Å²) in [6, 6.07) is 5.90. The normalized spacial score (nSPS) is 19.1. The average Bonchev–Trinajstić information content (AvgIpc) is 3.34. The topological polar surface area (TPSA) is 49.4 Å². The Morgan fingerprint density at radius 1 is 1.14 bits per heavy atom. The van der Waals surface area contributed by atoms with E-state index in [9.17, 15) is 9.59 Å². The van der Waals surface area contributed by atoms with Gasteiger partial charge in [-0.05, 0) is 66.2 Å². The zero-order chi connectivity index (χ0) is 15.7. The molecule has 2 aliphatic rings. The maximum Gasteiger partial charge on any atom is 0.227 e. The average molecular weight is 365 g/mol. The van der Waals surface area contributed by atoms with Gasteiger partial charge >= 0.3 is 0 Å². The Labute approximate surface area is 139 Å². The second-order valence-electron chi connectivity index (χ2n) is 6.35. The Morgan fingerprint density at radius 2 is 1.82 bits per heavy atom. The number of nitrogens with zero attached hydrogens (tertiary/aromatic N) is 1. The monoisotopic (exact) mass is 364 g/mol. The second-order valence-corrected chi connectivity index (χ2v) is 7.20. The molecule has 0 spiro atoms. The number of nitrogens with one attached hydrogen (secondary N) is 1. The number of halogens is 1. The van der Waals surface area contributed by atoms with Crippen molar-refractivity contribution in [2.24, 2.45) is 11.8 Å². The summed E-state index contributed by atoms with van der Waals surface area (Å²) in [6.07, 6.45) is 3.60. The van der Waals surface area contributed by atoms with Crippen LogP contribution in [0.25, 0.3) is 0 Å². The Balaban J connectivity index is 1.54. The molecule has 1 heterocycles. The first-order valence-electron chi connectivity index (χ1n) is 7.90. The van der Waals surface area contributed by atoms with E-state index < -0.39 is 0 Å². The van der Waals surface area contributed by atoms with Gasteiger partial charge in [0.15, 0.2) is 0 Å². The number of benzene rings is 1. The SMILES string of the molecule is Cc1ccc(NC(=O)C2CCN(C(=O)C3CC3)CC2)c(Br)c1. The van der Waals surface area contributed by atoms with E-state index in [4.69, 9.17) is 0 Å². The van der Waals surface area contributed by atoms with Crippen LogP contribution >= 0.6 is 15.9 Å². The van der Waals surface area contributed by atoms with Gasteiger partial charge < -0.3 is 10.2 Å². The van der Waals surface area contributed by atoms with Crippen molar-refractivity contribution >= 4 is 33.4 Å². The zero-order valence-corrected chi connectivity index (χ0v) is 14.4. The minimum atomic E-state index is -0.00328. The smallest absolute Gasteiger partial charge is 0.227 e. The molecule has 3 rings (SSSR count). The Bertz CT molecular complexity index is 590. The number of aryl methyl sites for hydroxylation is 1. The van der Waals surface area contributed by atoms with E-state index in [0.717, 1.165) is 41.4 Å². The molecular weight excluding hydrogens is 344 g/mol. The van der Waals surface area contributed by atoms with Crippen molar-refractivity contribution in [1.82, 2.24) is 4.90 Å². The summed E-state index contributed by atoms with van der Waals surface area (Å²) in [5.74, 6) is 0.619. The van der Waals surface area contributed by atoms with Gasteiger partial charge in [0.25, 0.3) is 0 Å². The first-order chi connectivity index (χ1) is 10.5. The van der Waals surface area contributed by atoms with Crippen molar-refractivity contribution in [2.45, 2.75) is 32.6 Å². The third-order valence-corrected chi connectivity index (χ3v) is 5.14. The van der Waals surface area contributed by atoms with Crippen molar-refractivity contribution < 1.29 is 9.59 Å². The molecule has 22 heavy (non-hydrogen) atoms. The highest BCUT2D eigenvalue weighted by Gasteiger charge is 2.35. The molecule has 118 valence electrons. The van der Waals surface area contributed by atoms with Gasteiger partial charge in [-0.25, -0.2) is 0 Å². The third-order valence-electron chi connectivity index (χ3n) is 4.49. The number of carbonyl (C=O) groups excluding carboxylic acids is 2. The predicted molar refractivity (Wildman–Crippen MR) is 89.5 cm³/mol. The lowest BCUT2D eigenvalue weighted by molar-refractivity contribution is -0.135. The molecule has 4 nitrogen and oxygen atoms in total. The Kier molecular flexibility index (Phi) is 4.52. The Morgan fingerprint density at radius 3 is 2.41 bits per heavy atom. The molecule has 1 saturated heterocycles. The van der Waals surface area contributed by atoms with Crippen molar-refractivity contribution in [3.05, 3.63) is 28.2 Å². The van der Waals surface area contributed by atoms with Crippen LogP contribution in [-0.2, 0) is 9.59 Å². The second kappa shape index (κ2) is 6.41. The quantitative estimate of drug-likeness (QED) is 0.893. The van der Waals surface area contributed by atoms with Gasteiger partial charge in [-0.3, -0.25) is 9.59 Å². The highest BCUT2D eigenvalue weighted by Crippen LogP contribution is 2.32. The molecule has 1 saturated carbocycles. The lowest BCUT2D eigenvalue weighted by Crippen LogP contribution is -2.42. The molecule has 1 N–H and O–H groups in total. The zero-order valence-electron chi connectivity index (χ0n) is 12.8. The number of rotatable bonds is 3. The van der Waals surface area contributed by atoms with Crippen LogP contribution in [0, 0.1) is 18.8 Å². The summed E-state index contributed by atoms with van der Waals surface area (Å²) < 4.78 is 0.905. The van der Waals surface area contributed by atoms with Crippen molar-refractivity contribution in [3.8, 4) is 0 Å². The van der Waals surface area contributed by atoms with E-state index in [0.29, 0.717) is 19.0 Å². The van der Waals surface area contributed by atoms with Gasteiger partial charge in [-0.1, -0.05) is 6.07 Å². The molecule has 1 aliphatic heterocycles. The molecule has 1 aromatic rings. The van der Waals surface area contributed by atoms with E-state index >= 15 is 0 Å². The summed E-state index contributed by atoms with van der Waals surface area (Å²) in [5, 5.41) is 3.00. The lowest BCUT2D eigenvalue weighted by Gasteiger charge is -2.31. The predicted octanol–water partition coefficient (Wildman–Crippen LogP) is 3.34. The highest BCUT2D eigenvalue weighted by molar-refractivity contribution is 9.10. The van der Waals surface area contributed by atoms with Gasteiger partial charge in [0.05, 0.1) is 5.69 Å². The van der Waals surface area contributed by atoms with Crippen molar-refractivity contribution in [2.75, 3.05) is 18.4 Å². The van der Waals surface area contributed by atoms with Crippen LogP contribution in [-0.4, -0.2) is 29.8 Å². The fourth-order valence-corrected chi connectivity index (χ4v) is 3.50. The largest absolute Gasteiger partial charge is 0.342 e. The number of hydrogen-bond donors (Lipinski definition) is 1. The van der Waals surface area contributed by atoms with Crippen molar-refractivity contribution in [1.29, 1.82) is 0 Å². The van der Waals surface area contributed by atoms with Crippen LogP contribution in [0.3, 0.4) is 0 Å².